The van der Waals surface area contributed by atoms with Gasteiger partial charge in [0, 0.05) is 12.4 Å². The van der Waals surface area contributed by atoms with Gasteiger partial charge < -0.3 is 4.79 Å². The number of rotatable bonds is 3. The monoisotopic (exact) mass is 211 g/mol. The highest BCUT2D eigenvalue weighted by atomic mass is 16.1. The number of pyridine rings is 1. The molecule has 0 amide bonds. The van der Waals surface area contributed by atoms with E-state index in [4.69, 9.17) is 0 Å². The maximum Gasteiger partial charge on any atom is 0.134 e. The second kappa shape index (κ2) is 4.27. The van der Waals surface area contributed by atoms with Gasteiger partial charge in [-0.3, -0.25) is 4.98 Å². The Morgan fingerprint density at radius 1 is 1.00 bits per heavy atom. The van der Waals surface area contributed by atoms with Gasteiger partial charge in [0.2, 0.25) is 0 Å². The van der Waals surface area contributed by atoms with Gasteiger partial charge in [-0.15, -0.1) is 0 Å². The highest BCUT2D eigenvalue weighted by Crippen LogP contribution is 2.29. The molecule has 2 heteroatoms. The van der Waals surface area contributed by atoms with Gasteiger partial charge >= 0.3 is 0 Å². The minimum atomic E-state index is -0.593. The number of carbonyl (C=O) groups excluding carboxylic acids is 1. The van der Waals surface area contributed by atoms with E-state index >= 15 is 0 Å². The summed E-state index contributed by atoms with van der Waals surface area (Å²) in [5, 5.41) is 0. The second-order valence-corrected chi connectivity index (χ2v) is 3.92. The first kappa shape index (κ1) is 10.6. The van der Waals surface area contributed by atoms with Crippen LogP contribution >= 0.6 is 0 Å². The quantitative estimate of drug-likeness (QED) is 0.730. The Hall–Kier alpha value is -1.96. The van der Waals surface area contributed by atoms with E-state index in [9.17, 15) is 4.79 Å². The predicted molar refractivity (Wildman–Crippen MR) is 63.2 cm³/mol. The molecule has 2 rings (SSSR count). The van der Waals surface area contributed by atoms with Crippen LogP contribution in [-0.4, -0.2) is 11.3 Å². The van der Waals surface area contributed by atoms with Crippen LogP contribution in [-0.2, 0) is 10.2 Å². The van der Waals surface area contributed by atoms with E-state index < -0.39 is 5.41 Å². The molecule has 2 nitrogen and oxygen atoms in total. The van der Waals surface area contributed by atoms with E-state index in [1.54, 1.807) is 12.4 Å². The average molecular weight is 211 g/mol. The molecule has 0 fully saturated rings. The van der Waals surface area contributed by atoms with Crippen molar-refractivity contribution in [2.24, 2.45) is 0 Å². The maximum absolute atomic E-state index is 11.4. The van der Waals surface area contributed by atoms with Crippen LogP contribution in [0.5, 0.6) is 0 Å². The van der Waals surface area contributed by atoms with Crippen LogP contribution in [0.25, 0.3) is 0 Å². The molecule has 0 radical (unpaired) electrons. The fourth-order valence-corrected chi connectivity index (χ4v) is 1.79. The third-order valence-corrected chi connectivity index (χ3v) is 2.89. The molecule has 0 bridgehead atoms. The molecule has 0 N–H and O–H groups in total. The van der Waals surface area contributed by atoms with Crippen LogP contribution in [0.3, 0.4) is 0 Å². The molecule has 0 aliphatic heterocycles. The lowest BCUT2D eigenvalue weighted by molar-refractivity contribution is -0.110. The number of benzene rings is 1. The standard InChI is InChI=1S/C14H13NO/c1-14(11-16,12-5-3-2-4-6-12)13-7-9-15-10-8-13/h2-11H,1H3. The summed E-state index contributed by atoms with van der Waals surface area (Å²) in [7, 11) is 0. The van der Waals surface area contributed by atoms with Crippen molar-refractivity contribution in [3.8, 4) is 0 Å². The fraction of sp³-hybridized carbons (Fsp3) is 0.143. The first-order valence-electron chi connectivity index (χ1n) is 5.20. The van der Waals surface area contributed by atoms with Gasteiger partial charge in [-0.05, 0) is 30.2 Å². The summed E-state index contributed by atoms with van der Waals surface area (Å²) < 4.78 is 0. The van der Waals surface area contributed by atoms with E-state index in [-0.39, 0.29) is 0 Å². The average Bonchev–Trinajstić information content (AvgIpc) is 2.40. The first-order valence-corrected chi connectivity index (χ1v) is 5.20. The molecule has 1 aromatic carbocycles. The lowest BCUT2D eigenvalue weighted by Gasteiger charge is -2.23. The zero-order valence-corrected chi connectivity index (χ0v) is 9.13. The zero-order chi connectivity index (χ0) is 11.4. The third-order valence-electron chi connectivity index (χ3n) is 2.89. The highest BCUT2D eigenvalue weighted by molar-refractivity contribution is 5.74. The van der Waals surface area contributed by atoms with E-state index in [0.717, 1.165) is 17.4 Å². The van der Waals surface area contributed by atoms with Crippen molar-refractivity contribution >= 4 is 6.29 Å². The minimum Gasteiger partial charge on any atom is -0.302 e. The Balaban J connectivity index is 2.53. The van der Waals surface area contributed by atoms with E-state index in [1.807, 2.05) is 49.4 Å². The molecule has 0 saturated heterocycles. The van der Waals surface area contributed by atoms with Crippen molar-refractivity contribution in [3.63, 3.8) is 0 Å². The van der Waals surface area contributed by atoms with E-state index in [0.29, 0.717) is 0 Å². The lowest BCUT2D eigenvalue weighted by atomic mass is 9.78. The van der Waals surface area contributed by atoms with Crippen LogP contribution in [0.1, 0.15) is 18.1 Å². The van der Waals surface area contributed by atoms with E-state index in [2.05, 4.69) is 4.98 Å². The molecule has 1 aromatic heterocycles. The second-order valence-electron chi connectivity index (χ2n) is 3.92. The predicted octanol–water partition coefficient (Wildman–Crippen LogP) is 2.59. The van der Waals surface area contributed by atoms with Gasteiger partial charge in [-0.25, -0.2) is 0 Å². The molecule has 2 aromatic rings. The van der Waals surface area contributed by atoms with Gasteiger partial charge in [0.25, 0.3) is 0 Å². The topological polar surface area (TPSA) is 30.0 Å². The highest BCUT2D eigenvalue weighted by Gasteiger charge is 2.27. The number of hydrogen-bond acceptors (Lipinski definition) is 2. The summed E-state index contributed by atoms with van der Waals surface area (Å²) in [6.45, 7) is 1.92. The van der Waals surface area contributed by atoms with Crippen molar-refractivity contribution in [1.29, 1.82) is 0 Å². The van der Waals surface area contributed by atoms with Crippen LogP contribution < -0.4 is 0 Å². The summed E-state index contributed by atoms with van der Waals surface area (Å²) >= 11 is 0. The van der Waals surface area contributed by atoms with Crippen LogP contribution in [0.15, 0.2) is 54.9 Å². The SMILES string of the molecule is CC(C=O)(c1ccccc1)c1ccncc1. The lowest BCUT2D eigenvalue weighted by Crippen LogP contribution is -2.25. The fourth-order valence-electron chi connectivity index (χ4n) is 1.79. The van der Waals surface area contributed by atoms with Gasteiger partial charge in [-0.2, -0.15) is 0 Å². The Labute approximate surface area is 95.0 Å². The number of nitrogens with zero attached hydrogens (tertiary/aromatic N) is 1. The molecule has 80 valence electrons. The molecule has 1 atom stereocenters. The minimum absolute atomic E-state index is 0.593. The van der Waals surface area contributed by atoms with Gasteiger partial charge in [0.15, 0.2) is 0 Å². The molecular formula is C14H13NO. The summed E-state index contributed by atoms with van der Waals surface area (Å²) in [5.74, 6) is 0. The number of hydrogen-bond donors (Lipinski definition) is 0. The smallest absolute Gasteiger partial charge is 0.134 e. The first-order chi connectivity index (χ1) is 7.77. The molecule has 0 spiro atoms. The molecule has 16 heavy (non-hydrogen) atoms. The van der Waals surface area contributed by atoms with Crippen molar-refractivity contribution < 1.29 is 4.79 Å². The molecule has 0 saturated carbocycles. The largest absolute Gasteiger partial charge is 0.302 e. The summed E-state index contributed by atoms with van der Waals surface area (Å²) in [6.07, 6.45) is 4.40. The van der Waals surface area contributed by atoms with Gasteiger partial charge in [0.1, 0.15) is 6.29 Å². The van der Waals surface area contributed by atoms with Crippen molar-refractivity contribution in [3.05, 3.63) is 66.0 Å². The molecule has 0 aliphatic rings. The van der Waals surface area contributed by atoms with Crippen molar-refractivity contribution in [1.82, 2.24) is 4.98 Å². The zero-order valence-electron chi connectivity index (χ0n) is 9.13. The maximum atomic E-state index is 11.4. The normalized spacial score (nSPS) is 14.1. The molecule has 1 unspecified atom stereocenters. The number of aromatic nitrogens is 1. The molecular weight excluding hydrogens is 198 g/mol. The summed E-state index contributed by atoms with van der Waals surface area (Å²) in [4.78, 5) is 15.4. The third kappa shape index (κ3) is 1.74. The molecule has 0 aliphatic carbocycles. The van der Waals surface area contributed by atoms with E-state index in [1.165, 1.54) is 0 Å². The van der Waals surface area contributed by atoms with Crippen molar-refractivity contribution in [2.45, 2.75) is 12.3 Å². The van der Waals surface area contributed by atoms with Crippen LogP contribution in [0.2, 0.25) is 0 Å². The summed E-state index contributed by atoms with van der Waals surface area (Å²) in [6, 6.07) is 13.5. The Morgan fingerprint density at radius 2 is 1.56 bits per heavy atom. The van der Waals surface area contributed by atoms with Crippen LogP contribution in [0.4, 0.5) is 0 Å². The number of carbonyl (C=O) groups is 1. The van der Waals surface area contributed by atoms with Crippen molar-refractivity contribution in [2.75, 3.05) is 0 Å². The Morgan fingerprint density at radius 3 is 2.12 bits per heavy atom. The summed E-state index contributed by atoms with van der Waals surface area (Å²) in [5.41, 5.74) is 1.37. The molecule has 1 heterocycles. The van der Waals surface area contributed by atoms with Crippen LogP contribution in [0, 0.1) is 0 Å². The van der Waals surface area contributed by atoms with Gasteiger partial charge in [-0.1, -0.05) is 30.3 Å². The van der Waals surface area contributed by atoms with Gasteiger partial charge in [0.05, 0.1) is 5.41 Å². The Bertz CT molecular complexity index is 425. The Kier molecular flexibility index (Phi) is 2.82. The number of aldehydes is 1.